The van der Waals surface area contributed by atoms with Crippen molar-refractivity contribution in [3.63, 3.8) is 0 Å². The third kappa shape index (κ3) is 4.83. The van der Waals surface area contributed by atoms with E-state index in [-0.39, 0.29) is 36.3 Å². The van der Waals surface area contributed by atoms with E-state index in [0.717, 1.165) is 24.0 Å². The largest absolute Gasteiger partial charge is 0.493 e. The van der Waals surface area contributed by atoms with Gasteiger partial charge in [0.1, 0.15) is 18.8 Å². The van der Waals surface area contributed by atoms with E-state index in [1.54, 1.807) is 26.4 Å². The van der Waals surface area contributed by atoms with Crippen LogP contribution in [0.15, 0.2) is 48.1 Å². The van der Waals surface area contributed by atoms with Crippen LogP contribution >= 0.6 is 0 Å². The van der Waals surface area contributed by atoms with E-state index in [9.17, 15) is 9.59 Å². The molecule has 0 amide bonds. The van der Waals surface area contributed by atoms with Crippen LogP contribution in [0.4, 0.5) is 0 Å². The van der Waals surface area contributed by atoms with Gasteiger partial charge in [0.25, 0.3) is 0 Å². The zero-order valence-electron chi connectivity index (χ0n) is 19.3. The lowest BCUT2D eigenvalue weighted by Gasteiger charge is -2.20. The summed E-state index contributed by atoms with van der Waals surface area (Å²) in [6, 6.07) is 5.44. The molecule has 1 aromatic carbocycles. The van der Waals surface area contributed by atoms with Crippen LogP contribution in [-0.4, -0.2) is 50.6 Å². The average Bonchev–Trinajstić information content (AvgIpc) is 3.40. The first-order valence-electron chi connectivity index (χ1n) is 11.2. The Bertz CT molecular complexity index is 1010. The molecule has 33 heavy (non-hydrogen) atoms. The number of para-hydroxylation sites is 1. The predicted molar refractivity (Wildman–Crippen MR) is 122 cm³/mol. The van der Waals surface area contributed by atoms with Crippen molar-refractivity contribution in [3.8, 4) is 11.5 Å². The fraction of sp³-hybridized carbons (Fsp3) is 0.462. The quantitative estimate of drug-likeness (QED) is 0.278. The number of methoxy groups -OCH3 is 2. The normalized spacial score (nSPS) is 30.5. The number of benzene rings is 1. The van der Waals surface area contributed by atoms with E-state index < -0.39 is 5.97 Å². The Morgan fingerprint density at radius 2 is 2.12 bits per heavy atom. The molecular weight excluding hydrogens is 424 g/mol. The minimum absolute atomic E-state index is 0.0720. The van der Waals surface area contributed by atoms with E-state index in [0.29, 0.717) is 29.9 Å². The van der Waals surface area contributed by atoms with Crippen molar-refractivity contribution in [3.05, 3.63) is 53.6 Å². The summed E-state index contributed by atoms with van der Waals surface area (Å²) in [6.07, 6.45) is 7.81. The van der Waals surface area contributed by atoms with Gasteiger partial charge in [-0.15, -0.1) is 0 Å². The van der Waals surface area contributed by atoms with Crippen LogP contribution in [0.2, 0.25) is 0 Å². The standard InChI is InChI=1S/C26H30O7/c1-16-19-12-10-17(7-6-14-26(2)24(33-26)23(19)32-25(16)28)15-31-21(27)13-11-18-8-5-9-20(29-3)22(18)30-4/h5,7-9,11,13,19,23-24H,1,6,10,12,14-15H2,2-4H3/b13-11+,17-7+/t19-,23-,24-,26+/m0/s1. The van der Waals surface area contributed by atoms with Gasteiger partial charge in [-0.2, -0.15) is 0 Å². The molecule has 2 saturated heterocycles. The van der Waals surface area contributed by atoms with Gasteiger partial charge in [0, 0.05) is 23.1 Å². The summed E-state index contributed by atoms with van der Waals surface area (Å²) < 4.78 is 27.7. The van der Waals surface area contributed by atoms with Crippen LogP contribution in [0.5, 0.6) is 11.5 Å². The zero-order chi connectivity index (χ0) is 23.6. The number of esters is 2. The van der Waals surface area contributed by atoms with Gasteiger partial charge in [-0.1, -0.05) is 24.8 Å². The summed E-state index contributed by atoms with van der Waals surface area (Å²) in [4.78, 5) is 24.5. The van der Waals surface area contributed by atoms with Crippen molar-refractivity contribution >= 4 is 18.0 Å². The van der Waals surface area contributed by atoms with Gasteiger partial charge in [0.2, 0.25) is 0 Å². The lowest BCUT2D eigenvalue weighted by Crippen LogP contribution is -2.29. The average molecular weight is 455 g/mol. The van der Waals surface area contributed by atoms with Crippen molar-refractivity contribution in [1.29, 1.82) is 0 Å². The van der Waals surface area contributed by atoms with E-state index in [1.807, 2.05) is 12.1 Å². The van der Waals surface area contributed by atoms with Crippen LogP contribution in [0.3, 0.4) is 0 Å². The Morgan fingerprint density at radius 1 is 1.30 bits per heavy atom. The molecule has 0 unspecified atom stereocenters. The van der Waals surface area contributed by atoms with Gasteiger partial charge in [0.15, 0.2) is 11.5 Å². The first kappa shape index (κ1) is 23.1. The lowest BCUT2D eigenvalue weighted by atomic mass is 9.84. The third-order valence-corrected chi connectivity index (χ3v) is 6.67. The molecule has 7 heteroatoms. The van der Waals surface area contributed by atoms with Crippen molar-refractivity contribution in [2.75, 3.05) is 20.8 Å². The van der Waals surface area contributed by atoms with Crippen molar-refractivity contribution in [2.24, 2.45) is 5.92 Å². The van der Waals surface area contributed by atoms with Crippen LogP contribution in [0.1, 0.15) is 38.2 Å². The summed E-state index contributed by atoms with van der Waals surface area (Å²) in [5.74, 6) is 0.275. The molecule has 0 spiro atoms. The molecule has 2 aliphatic heterocycles. The molecular formula is C26H30O7. The smallest absolute Gasteiger partial charge is 0.334 e. The molecule has 3 aliphatic rings. The Labute approximate surface area is 194 Å². The van der Waals surface area contributed by atoms with Crippen LogP contribution in [0.25, 0.3) is 6.08 Å². The molecule has 2 fully saturated rings. The summed E-state index contributed by atoms with van der Waals surface area (Å²) in [5.41, 5.74) is 1.95. The van der Waals surface area contributed by atoms with E-state index in [1.165, 1.54) is 6.08 Å². The minimum Gasteiger partial charge on any atom is -0.493 e. The van der Waals surface area contributed by atoms with E-state index in [2.05, 4.69) is 19.6 Å². The van der Waals surface area contributed by atoms with Gasteiger partial charge >= 0.3 is 11.9 Å². The SMILES string of the molecule is C=C1C(=O)O[C@H]2[C@H]1CC/C(COC(=O)/C=C/c1cccc(OC)c1OC)=C\CC[C@@]1(C)O[C@@H]21. The van der Waals surface area contributed by atoms with E-state index >= 15 is 0 Å². The highest BCUT2D eigenvalue weighted by atomic mass is 16.6. The Morgan fingerprint density at radius 3 is 2.88 bits per heavy atom. The maximum absolute atomic E-state index is 12.4. The van der Waals surface area contributed by atoms with E-state index in [4.69, 9.17) is 23.7 Å². The molecule has 4 atom stereocenters. The highest BCUT2D eigenvalue weighted by molar-refractivity contribution is 5.91. The summed E-state index contributed by atoms with van der Waals surface area (Å²) >= 11 is 0. The molecule has 7 nitrogen and oxygen atoms in total. The van der Waals surface area contributed by atoms with Gasteiger partial charge in [-0.3, -0.25) is 0 Å². The predicted octanol–water partition coefficient (Wildman–Crippen LogP) is 4.02. The number of hydrogen-bond donors (Lipinski definition) is 0. The number of allylic oxidation sites excluding steroid dienone is 1. The van der Waals surface area contributed by atoms with Crippen LogP contribution < -0.4 is 9.47 Å². The van der Waals surface area contributed by atoms with Gasteiger partial charge in [0.05, 0.1) is 19.8 Å². The molecule has 4 rings (SSSR count). The number of fused-ring (bicyclic) bond motifs is 3. The fourth-order valence-electron chi connectivity index (χ4n) is 4.66. The third-order valence-electron chi connectivity index (χ3n) is 6.67. The number of rotatable bonds is 6. The maximum atomic E-state index is 12.4. The topological polar surface area (TPSA) is 83.6 Å². The summed E-state index contributed by atoms with van der Waals surface area (Å²) in [6.45, 7) is 6.18. The van der Waals surface area contributed by atoms with Gasteiger partial charge < -0.3 is 23.7 Å². The first-order valence-corrected chi connectivity index (χ1v) is 11.2. The summed E-state index contributed by atoms with van der Waals surface area (Å²) in [5, 5.41) is 0. The second-order valence-corrected chi connectivity index (χ2v) is 8.82. The number of hydrogen-bond acceptors (Lipinski definition) is 7. The number of carbonyl (C=O) groups excluding carboxylic acids is 2. The van der Waals surface area contributed by atoms with Gasteiger partial charge in [-0.25, -0.2) is 9.59 Å². The maximum Gasteiger partial charge on any atom is 0.334 e. The lowest BCUT2D eigenvalue weighted by molar-refractivity contribution is -0.140. The first-order chi connectivity index (χ1) is 15.9. The second-order valence-electron chi connectivity index (χ2n) is 8.82. The summed E-state index contributed by atoms with van der Waals surface area (Å²) in [7, 11) is 3.12. The number of epoxide rings is 1. The van der Waals surface area contributed by atoms with Crippen molar-refractivity contribution < 1.29 is 33.3 Å². The number of ether oxygens (including phenoxy) is 5. The molecule has 0 bridgehead atoms. The molecule has 0 aromatic heterocycles. The Kier molecular flexibility index (Phi) is 6.61. The number of carbonyl (C=O) groups is 2. The van der Waals surface area contributed by atoms with Crippen LogP contribution in [0, 0.1) is 5.92 Å². The molecule has 1 aromatic rings. The minimum atomic E-state index is -0.447. The molecule has 0 N–H and O–H groups in total. The Balaban J connectivity index is 1.39. The van der Waals surface area contributed by atoms with Crippen molar-refractivity contribution in [1.82, 2.24) is 0 Å². The Hall–Kier alpha value is -3.06. The van der Waals surface area contributed by atoms with Gasteiger partial charge in [-0.05, 0) is 50.3 Å². The highest BCUT2D eigenvalue weighted by Crippen LogP contribution is 2.49. The molecule has 0 radical (unpaired) electrons. The zero-order valence-corrected chi connectivity index (χ0v) is 19.3. The fourth-order valence-corrected chi connectivity index (χ4v) is 4.66. The van der Waals surface area contributed by atoms with Crippen molar-refractivity contribution in [2.45, 2.75) is 50.4 Å². The second kappa shape index (κ2) is 9.43. The molecule has 1 aliphatic carbocycles. The monoisotopic (exact) mass is 454 g/mol. The van der Waals surface area contributed by atoms with Crippen LogP contribution in [-0.2, 0) is 23.8 Å². The molecule has 0 saturated carbocycles. The molecule has 2 heterocycles. The highest BCUT2D eigenvalue weighted by Gasteiger charge is 2.61. The molecule has 176 valence electrons.